The molecule has 3 heterocycles. The van der Waals surface area contributed by atoms with Gasteiger partial charge in [-0.05, 0) is 30.7 Å². The number of amides is 1. The van der Waals surface area contributed by atoms with Crippen molar-refractivity contribution in [3.8, 4) is 5.69 Å². The van der Waals surface area contributed by atoms with Crippen LogP contribution in [0.15, 0.2) is 83.9 Å². The predicted octanol–water partition coefficient (Wildman–Crippen LogP) is 5.09. The van der Waals surface area contributed by atoms with Crippen LogP contribution in [0.5, 0.6) is 0 Å². The molecule has 10 heteroatoms. The van der Waals surface area contributed by atoms with E-state index in [1.807, 2.05) is 77.4 Å². The molecule has 194 valence electrons. The number of nitrogens with zero attached hydrogens (tertiary/aromatic N) is 4. The first-order valence-corrected chi connectivity index (χ1v) is 12.8. The Morgan fingerprint density at radius 2 is 1.74 bits per heavy atom. The van der Waals surface area contributed by atoms with E-state index in [9.17, 15) is 14.7 Å². The van der Waals surface area contributed by atoms with Crippen molar-refractivity contribution in [2.75, 3.05) is 0 Å². The van der Waals surface area contributed by atoms with E-state index in [2.05, 4.69) is 20.5 Å². The number of para-hydroxylation sites is 2. The van der Waals surface area contributed by atoms with E-state index in [1.54, 1.807) is 6.07 Å². The third-order valence-corrected chi connectivity index (χ3v) is 7.03. The Morgan fingerprint density at radius 3 is 2.54 bits per heavy atom. The molecule has 0 saturated carbocycles. The van der Waals surface area contributed by atoms with Crippen molar-refractivity contribution in [3.63, 3.8) is 0 Å². The zero-order valence-electron chi connectivity index (χ0n) is 20.6. The normalized spacial score (nSPS) is 13.2. The van der Waals surface area contributed by atoms with Gasteiger partial charge in [0, 0.05) is 33.5 Å². The molecular formula is C29H23ClN6O3. The summed E-state index contributed by atoms with van der Waals surface area (Å²) in [5.41, 5.74) is 4.31. The summed E-state index contributed by atoms with van der Waals surface area (Å²) in [7, 11) is 0. The molecule has 0 fully saturated rings. The predicted molar refractivity (Wildman–Crippen MR) is 148 cm³/mol. The number of nitrogens with one attached hydrogen (secondary N) is 2. The average Bonchev–Trinajstić information content (AvgIpc) is 3.53. The summed E-state index contributed by atoms with van der Waals surface area (Å²) in [6.07, 6.45) is -0.0390. The lowest BCUT2D eigenvalue weighted by Gasteiger charge is -2.20. The van der Waals surface area contributed by atoms with Gasteiger partial charge >= 0.3 is 5.97 Å². The second-order valence-electron chi connectivity index (χ2n) is 9.20. The number of aliphatic imine (C=N–C) groups is 1. The number of carboxylic acids is 1. The van der Waals surface area contributed by atoms with Crippen LogP contribution in [-0.4, -0.2) is 42.4 Å². The third kappa shape index (κ3) is 4.68. The quantitative estimate of drug-likeness (QED) is 0.266. The van der Waals surface area contributed by atoms with Gasteiger partial charge < -0.3 is 15.4 Å². The molecule has 1 aliphatic rings. The lowest BCUT2D eigenvalue weighted by molar-refractivity contribution is -0.137. The van der Waals surface area contributed by atoms with Gasteiger partial charge in [0.15, 0.2) is 11.6 Å². The SMILES string of the molecule is O=C(O)CC[C@@H](NC(=O)c1cc2ccccc2[nH]1)c1nnc2n1-c1ccccc1C(c1ccccc1Cl)=NC2. The lowest BCUT2D eigenvalue weighted by Crippen LogP contribution is -2.31. The summed E-state index contributed by atoms with van der Waals surface area (Å²) in [4.78, 5) is 32.8. The molecule has 0 saturated heterocycles. The van der Waals surface area contributed by atoms with Crippen LogP contribution in [0.4, 0.5) is 0 Å². The number of H-pyrrole nitrogens is 1. The average molecular weight is 539 g/mol. The summed E-state index contributed by atoms with van der Waals surface area (Å²) in [6.45, 7) is 0.226. The van der Waals surface area contributed by atoms with Gasteiger partial charge in [-0.2, -0.15) is 0 Å². The van der Waals surface area contributed by atoms with Crippen LogP contribution in [-0.2, 0) is 11.3 Å². The van der Waals surface area contributed by atoms with E-state index in [4.69, 9.17) is 16.6 Å². The summed E-state index contributed by atoms with van der Waals surface area (Å²) >= 11 is 6.54. The van der Waals surface area contributed by atoms with E-state index in [0.717, 1.165) is 33.4 Å². The molecule has 2 aromatic heterocycles. The largest absolute Gasteiger partial charge is 0.481 e. The van der Waals surface area contributed by atoms with Crippen molar-refractivity contribution >= 4 is 40.1 Å². The highest BCUT2D eigenvalue weighted by atomic mass is 35.5. The fraction of sp³-hybridized carbons (Fsp3) is 0.138. The van der Waals surface area contributed by atoms with Gasteiger partial charge in [0.2, 0.25) is 0 Å². The zero-order valence-corrected chi connectivity index (χ0v) is 21.4. The first kappa shape index (κ1) is 24.6. The molecular weight excluding hydrogens is 516 g/mol. The molecule has 0 bridgehead atoms. The highest BCUT2D eigenvalue weighted by Crippen LogP contribution is 2.31. The molecule has 1 atom stereocenters. The van der Waals surface area contributed by atoms with Crippen molar-refractivity contribution in [2.24, 2.45) is 4.99 Å². The van der Waals surface area contributed by atoms with Crippen LogP contribution in [0.1, 0.15) is 52.1 Å². The van der Waals surface area contributed by atoms with Crippen LogP contribution in [0.25, 0.3) is 16.6 Å². The van der Waals surface area contributed by atoms with Gasteiger partial charge in [0.05, 0.1) is 17.4 Å². The minimum Gasteiger partial charge on any atom is -0.481 e. The number of aromatic amines is 1. The second kappa shape index (κ2) is 10.2. The van der Waals surface area contributed by atoms with Gasteiger partial charge in [-0.1, -0.05) is 66.2 Å². The molecule has 0 unspecified atom stereocenters. The van der Waals surface area contributed by atoms with E-state index in [-0.39, 0.29) is 25.3 Å². The Balaban J connectivity index is 1.41. The third-order valence-electron chi connectivity index (χ3n) is 6.70. The molecule has 9 nitrogen and oxygen atoms in total. The molecule has 39 heavy (non-hydrogen) atoms. The number of rotatable bonds is 7. The lowest BCUT2D eigenvalue weighted by atomic mass is 10.00. The van der Waals surface area contributed by atoms with Gasteiger partial charge in [-0.3, -0.25) is 19.1 Å². The summed E-state index contributed by atoms with van der Waals surface area (Å²) in [5.74, 6) is -0.340. The summed E-state index contributed by atoms with van der Waals surface area (Å²) < 4.78 is 1.86. The Bertz CT molecular complexity index is 1720. The fourth-order valence-corrected chi connectivity index (χ4v) is 5.10. The Kier molecular flexibility index (Phi) is 6.42. The standard InChI is InChI=1S/C29H23ClN6O3/c30-20-10-4-2-8-18(20)27-19-9-3-6-12-24(19)36-25(16-31-27)34-35-28(36)22(13-14-26(37)38)33-29(39)23-15-17-7-1-5-11-21(17)32-23/h1-12,15,22,32H,13-14,16H2,(H,33,39)(H,37,38)/t22-/m1/s1. The van der Waals surface area contributed by atoms with E-state index in [0.29, 0.717) is 22.4 Å². The highest BCUT2D eigenvalue weighted by Gasteiger charge is 2.29. The maximum Gasteiger partial charge on any atom is 0.303 e. The van der Waals surface area contributed by atoms with E-state index >= 15 is 0 Å². The maximum absolute atomic E-state index is 13.3. The fourth-order valence-electron chi connectivity index (χ4n) is 4.87. The van der Waals surface area contributed by atoms with Crippen LogP contribution < -0.4 is 5.32 Å². The Hall–Kier alpha value is -4.76. The number of hydrogen-bond donors (Lipinski definition) is 3. The highest BCUT2D eigenvalue weighted by molar-refractivity contribution is 6.35. The summed E-state index contributed by atoms with van der Waals surface area (Å²) in [6, 6.07) is 23.8. The van der Waals surface area contributed by atoms with Crippen molar-refractivity contribution < 1.29 is 14.7 Å². The molecule has 0 aliphatic carbocycles. The van der Waals surface area contributed by atoms with E-state index in [1.165, 1.54) is 0 Å². The molecule has 5 aromatic rings. The number of carboxylic acid groups (broad SMARTS) is 1. The molecule has 1 aliphatic heterocycles. The van der Waals surface area contributed by atoms with Crippen LogP contribution in [0.2, 0.25) is 5.02 Å². The van der Waals surface area contributed by atoms with Crippen molar-refractivity contribution in [1.82, 2.24) is 25.1 Å². The molecule has 0 spiro atoms. The Labute approximate surface area is 228 Å². The zero-order chi connectivity index (χ0) is 26.9. The number of carbonyl (C=O) groups excluding carboxylic acids is 1. The summed E-state index contributed by atoms with van der Waals surface area (Å²) in [5, 5.41) is 22.7. The van der Waals surface area contributed by atoms with Crippen LogP contribution in [0, 0.1) is 0 Å². The number of carbonyl (C=O) groups is 2. The number of aliphatic carboxylic acids is 1. The topological polar surface area (TPSA) is 125 Å². The smallest absolute Gasteiger partial charge is 0.303 e. The van der Waals surface area contributed by atoms with Gasteiger partial charge in [0.1, 0.15) is 12.2 Å². The number of benzene rings is 3. The first-order valence-electron chi connectivity index (χ1n) is 12.4. The first-order chi connectivity index (χ1) is 19.0. The maximum atomic E-state index is 13.3. The number of hydrogen-bond acceptors (Lipinski definition) is 5. The molecule has 3 aromatic carbocycles. The minimum atomic E-state index is -0.972. The van der Waals surface area contributed by atoms with Crippen molar-refractivity contribution in [2.45, 2.75) is 25.4 Å². The second-order valence-corrected chi connectivity index (χ2v) is 9.61. The monoisotopic (exact) mass is 538 g/mol. The molecule has 3 N–H and O–H groups in total. The van der Waals surface area contributed by atoms with Gasteiger partial charge in [-0.25, -0.2) is 0 Å². The van der Waals surface area contributed by atoms with Crippen molar-refractivity contribution in [1.29, 1.82) is 0 Å². The number of aromatic nitrogens is 4. The van der Waals surface area contributed by atoms with Gasteiger partial charge in [-0.15, -0.1) is 10.2 Å². The van der Waals surface area contributed by atoms with Crippen molar-refractivity contribution in [3.05, 3.63) is 112 Å². The molecule has 6 rings (SSSR count). The van der Waals surface area contributed by atoms with Crippen LogP contribution >= 0.6 is 11.6 Å². The number of fused-ring (bicyclic) bond motifs is 4. The minimum absolute atomic E-state index is 0.125. The van der Waals surface area contributed by atoms with Crippen LogP contribution in [0.3, 0.4) is 0 Å². The van der Waals surface area contributed by atoms with Gasteiger partial charge in [0.25, 0.3) is 5.91 Å². The molecule has 1 amide bonds. The Morgan fingerprint density at radius 1 is 1.00 bits per heavy atom. The van der Waals surface area contributed by atoms with E-state index < -0.39 is 12.0 Å². The number of halogens is 1. The molecule has 0 radical (unpaired) electrons.